The van der Waals surface area contributed by atoms with Crippen molar-refractivity contribution in [3.63, 3.8) is 0 Å². The molecule has 0 aliphatic carbocycles. The fraction of sp³-hybridized carbons (Fsp3) is 0.333. The van der Waals surface area contributed by atoms with E-state index in [-0.39, 0.29) is 49.1 Å². The fourth-order valence-electron chi connectivity index (χ4n) is 2.64. The van der Waals surface area contributed by atoms with Gasteiger partial charge in [0.1, 0.15) is 12.4 Å². The number of carbonyl (C=O) groups excluding carboxylic acids is 1. The summed E-state index contributed by atoms with van der Waals surface area (Å²) in [7, 11) is 0. The molecule has 2 heterocycles. The number of benzene rings is 1. The molecule has 1 aliphatic heterocycles. The van der Waals surface area contributed by atoms with Gasteiger partial charge in [-0.25, -0.2) is 4.39 Å². The van der Waals surface area contributed by atoms with Crippen molar-refractivity contribution in [2.75, 3.05) is 19.6 Å². The highest BCUT2D eigenvalue weighted by molar-refractivity contribution is 5.85. The van der Waals surface area contributed by atoms with Gasteiger partial charge in [0.25, 0.3) is 0 Å². The highest BCUT2D eigenvalue weighted by atomic mass is 35.5. The number of halogens is 3. The van der Waals surface area contributed by atoms with E-state index in [0.29, 0.717) is 13.1 Å². The van der Waals surface area contributed by atoms with E-state index in [0.717, 1.165) is 12.1 Å². The van der Waals surface area contributed by atoms with Gasteiger partial charge in [0.2, 0.25) is 5.91 Å². The van der Waals surface area contributed by atoms with Crippen LogP contribution in [0.5, 0.6) is 0 Å². The van der Waals surface area contributed by atoms with Crippen LogP contribution in [0.4, 0.5) is 4.39 Å². The Bertz CT molecular complexity index is 624. The summed E-state index contributed by atoms with van der Waals surface area (Å²) in [6, 6.07) is 8.08. The Morgan fingerprint density at radius 2 is 2.17 bits per heavy atom. The van der Waals surface area contributed by atoms with Crippen LogP contribution in [0.2, 0.25) is 0 Å². The Balaban J connectivity index is 0.00000132. The number of carbonyl (C=O) groups is 1. The average Bonchev–Trinajstić information content (AvgIpc) is 3.00. The van der Waals surface area contributed by atoms with Crippen LogP contribution in [-0.4, -0.2) is 40.2 Å². The van der Waals surface area contributed by atoms with E-state index in [1.165, 1.54) is 12.1 Å². The standard InChI is InChI=1S/C15H17FN4O.2ClH/c16-13-4-1-3-12(9-13)14-10-17-6-8-20(14)15(21)11-19-7-2-5-18-19;;/h1-5,7,9,14,17H,6,8,10-11H2;2*1H. The number of hydrogen-bond acceptors (Lipinski definition) is 3. The van der Waals surface area contributed by atoms with Crippen LogP contribution >= 0.6 is 24.8 Å². The SMILES string of the molecule is Cl.Cl.O=C(Cn1cccn1)N1CCNCC1c1cccc(F)c1. The summed E-state index contributed by atoms with van der Waals surface area (Å²) in [5, 5.41) is 7.31. The Morgan fingerprint density at radius 1 is 1.35 bits per heavy atom. The lowest BCUT2D eigenvalue weighted by molar-refractivity contribution is -0.135. The van der Waals surface area contributed by atoms with Crippen molar-refractivity contribution in [3.8, 4) is 0 Å². The molecule has 1 aromatic heterocycles. The Hall–Kier alpha value is -1.63. The third-order valence-electron chi connectivity index (χ3n) is 3.65. The van der Waals surface area contributed by atoms with Gasteiger partial charge in [-0.2, -0.15) is 5.10 Å². The molecule has 23 heavy (non-hydrogen) atoms. The van der Waals surface area contributed by atoms with Crippen molar-refractivity contribution in [2.24, 2.45) is 0 Å². The van der Waals surface area contributed by atoms with E-state index in [1.807, 2.05) is 6.07 Å². The maximum absolute atomic E-state index is 13.4. The Morgan fingerprint density at radius 3 is 2.87 bits per heavy atom. The summed E-state index contributed by atoms with van der Waals surface area (Å²) in [5.74, 6) is -0.285. The van der Waals surface area contributed by atoms with Gasteiger partial charge in [0.15, 0.2) is 0 Å². The summed E-state index contributed by atoms with van der Waals surface area (Å²) in [6.07, 6.45) is 3.41. The first-order valence-corrected chi connectivity index (χ1v) is 6.97. The predicted octanol–water partition coefficient (Wildman–Crippen LogP) is 2.04. The van der Waals surface area contributed by atoms with Crippen LogP contribution < -0.4 is 5.32 Å². The lowest BCUT2D eigenvalue weighted by atomic mass is 10.0. The van der Waals surface area contributed by atoms with E-state index in [9.17, 15) is 9.18 Å². The van der Waals surface area contributed by atoms with Gasteiger partial charge in [0, 0.05) is 32.0 Å². The van der Waals surface area contributed by atoms with E-state index >= 15 is 0 Å². The summed E-state index contributed by atoms with van der Waals surface area (Å²) in [4.78, 5) is 14.3. The number of aromatic nitrogens is 2. The second-order valence-corrected chi connectivity index (χ2v) is 5.07. The summed E-state index contributed by atoms with van der Waals surface area (Å²) in [5.41, 5.74) is 0.816. The normalized spacial score (nSPS) is 17.1. The fourth-order valence-corrected chi connectivity index (χ4v) is 2.64. The minimum absolute atomic E-state index is 0. The van der Waals surface area contributed by atoms with Crippen LogP contribution in [0.25, 0.3) is 0 Å². The van der Waals surface area contributed by atoms with Crippen LogP contribution in [0.3, 0.4) is 0 Å². The minimum atomic E-state index is -0.280. The molecule has 0 bridgehead atoms. The second-order valence-electron chi connectivity index (χ2n) is 5.07. The first-order valence-electron chi connectivity index (χ1n) is 6.97. The quantitative estimate of drug-likeness (QED) is 0.910. The molecule has 1 fully saturated rings. The Kier molecular flexibility index (Phi) is 7.48. The number of piperazine rings is 1. The molecule has 5 nitrogen and oxygen atoms in total. The molecule has 0 saturated carbocycles. The van der Waals surface area contributed by atoms with Gasteiger partial charge >= 0.3 is 0 Å². The van der Waals surface area contributed by atoms with Gasteiger partial charge in [-0.05, 0) is 23.8 Å². The van der Waals surface area contributed by atoms with E-state index in [4.69, 9.17) is 0 Å². The molecule has 1 amide bonds. The zero-order chi connectivity index (χ0) is 14.7. The van der Waals surface area contributed by atoms with E-state index in [1.54, 1.807) is 34.1 Å². The molecule has 1 aromatic carbocycles. The molecule has 0 radical (unpaired) electrons. The van der Waals surface area contributed by atoms with Crippen LogP contribution in [0.15, 0.2) is 42.7 Å². The molecular weight excluding hydrogens is 342 g/mol. The summed E-state index contributed by atoms with van der Waals surface area (Å²) >= 11 is 0. The first kappa shape index (κ1) is 19.4. The maximum Gasteiger partial charge on any atom is 0.244 e. The zero-order valence-corrected chi connectivity index (χ0v) is 14.0. The van der Waals surface area contributed by atoms with Gasteiger partial charge < -0.3 is 10.2 Å². The zero-order valence-electron chi connectivity index (χ0n) is 12.4. The molecule has 1 atom stereocenters. The average molecular weight is 361 g/mol. The molecule has 126 valence electrons. The Labute approximate surface area is 146 Å². The molecule has 1 N–H and O–H groups in total. The molecule has 1 unspecified atom stereocenters. The smallest absolute Gasteiger partial charge is 0.244 e. The molecule has 3 rings (SSSR count). The second kappa shape index (κ2) is 8.86. The van der Waals surface area contributed by atoms with Gasteiger partial charge in [-0.1, -0.05) is 12.1 Å². The number of amides is 1. The van der Waals surface area contributed by atoms with Crippen LogP contribution in [0.1, 0.15) is 11.6 Å². The van der Waals surface area contributed by atoms with Crippen LogP contribution in [-0.2, 0) is 11.3 Å². The lowest BCUT2D eigenvalue weighted by Crippen LogP contribution is -2.49. The highest BCUT2D eigenvalue weighted by Crippen LogP contribution is 2.23. The molecule has 1 saturated heterocycles. The largest absolute Gasteiger partial charge is 0.331 e. The van der Waals surface area contributed by atoms with Crippen molar-refractivity contribution >= 4 is 30.7 Å². The topological polar surface area (TPSA) is 50.2 Å². The monoisotopic (exact) mass is 360 g/mol. The van der Waals surface area contributed by atoms with E-state index in [2.05, 4.69) is 10.4 Å². The highest BCUT2D eigenvalue weighted by Gasteiger charge is 2.28. The number of rotatable bonds is 3. The number of hydrogen-bond donors (Lipinski definition) is 1. The first-order chi connectivity index (χ1) is 10.2. The third kappa shape index (κ3) is 4.67. The molecule has 1 aliphatic rings. The number of nitrogens with one attached hydrogen (secondary N) is 1. The molecule has 0 spiro atoms. The molecule has 2 aromatic rings. The maximum atomic E-state index is 13.4. The van der Waals surface area contributed by atoms with Gasteiger partial charge in [-0.15, -0.1) is 24.8 Å². The molecular formula is C15H19Cl2FN4O. The molecule has 8 heteroatoms. The van der Waals surface area contributed by atoms with E-state index < -0.39 is 0 Å². The summed E-state index contributed by atoms with van der Waals surface area (Å²) < 4.78 is 15.0. The van der Waals surface area contributed by atoms with Crippen molar-refractivity contribution in [1.29, 1.82) is 0 Å². The van der Waals surface area contributed by atoms with Crippen LogP contribution in [0, 0.1) is 5.82 Å². The predicted molar refractivity (Wildman–Crippen MR) is 90.4 cm³/mol. The number of nitrogens with zero attached hydrogens (tertiary/aromatic N) is 3. The van der Waals surface area contributed by atoms with Crippen molar-refractivity contribution in [2.45, 2.75) is 12.6 Å². The van der Waals surface area contributed by atoms with Crippen molar-refractivity contribution < 1.29 is 9.18 Å². The minimum Gasteiger partial charge on any atom is -0.331 e. The van der Waals surface area contributed by atoms with Gasteiger partial charge in [-0.3, -0.25) is 9.48 Å². The third-order valence-corrected chi connectivity index (χ3v) is 3.65. The lowest BCUT2D eigenvalue weighted by Gasteiger charge is -2.36. The van der Waals surface area contributed by atoms with Crippen molar-refractivity contribution in [3.05, 3.63) is 54.1 Å². The summed E-state index contributed by atoms with van der Waals surface area (Å²) in [6.45, 7) is 2.20. The van der Waals surface area contributed by atoms with Crippen molar-refractivity contribution in [1.82, 2.24) is 20.0 Å². The van der Waals surface area contributed by atoms with Gasteiger partial charge in [0.05, 0.1) is 6.04 Å².